The second-order valence-electron chi connectivity index (χ2n) is 2.25. The third-order valence-corrected chi connectivity index (χ3v) is 1.17. The molecule has 0 aromatic heterocycles. The van der Waals surface area contributed by atoms with Crippen LogP contribution >= 0.6 is 0 Å². The second kappa shape index (κ2) is 4.66. The van der Waals surface area contributed by atoms with Crippen LogP contribution in [-0.4, -0.2) is 23.3 Å². The fourth-order valence-electron chi connectivity index (χ4n) is 0.670. The normalized spacial score (nSPS) is 13.4. The highest BCUT2D eigenvalue weighted by atomic mass is 16.4. The highest BCUT2D eigenvalue weighted by Gasteiger charge is 1.98. The molecule has 0 radical (unpaired) electrons. The lowest BCUT2D eigenvalue weighted by atomic mass is 10.2. The Balaban J connectivity index is 4.30. The van der Waals surface area contributed by atoms with Gasteiger partial charge in [0.25, 0.3) is 0 Å². The third kappa shape index (κ3) is 4.31. The molecule has 11 heavy (non-hydrogen) atoms. The minimum atomic E-state index is -0.893. The molecular weight excluding hydrogens is 142 g/mol. The standard InChI is InChI=1S/C8H13NO2/c1-4-9-7(3)5-6(2)8(10)11/h5H,4H2,1-3H3,(H,10,11)/b6-5+,9-7-. The van der Waals surface area contributed by atoms with Crippen molar-refractivity contribution >= 4 is 11.7 Å². The summed E-state index contributed by atoms with van der Waals surface area (Å²) in [6.45, 7) is 5.94. The number of allylic oxidation sites excluding steroid dienone is 1. The highest BCUT2D eigenvalue weighted by molar-refractivity contribution is 6.00. The summed E-state index contributed by atoms with van der Waals surface area (Å²) in [5, 5.41) is 8.48. The zero-order chi connectivity index (χ0) is 8.85. The fourth-order valence-corrected chi connectivity index (χ4v) is 0.670. The molecule has 0 bridgehead atoms. The average molecular weight is 155 g/mol. The molecule has 0 atom stereocenters. The van der Waals surface area contributed by atoms with Gasteiger partial charge >= 0.3 is 5.97 Å². The van der Waals surface area contributed by atoms with E-state index in [1.807, 2.05) is 6.92 Å². The van der Waals surface area contributed by atoms with Crippen LogP contribution in [-0.2, 0) is 4.79 Å². The van der Waals surface area contributed by atoms with Gasteiger partial charge in [-0.1, -0.05) is 0 Å². The smallest absolute Gasteiger partial charge is 0.331 e. The van der Waals surface area contributed by atoms with Crippen LogP contribution in [0.1, 0.15) is 20.8 Å². The van der Waals surface area contributed by atoms with Crippen molar-refractivity contribution < 1.29 is 9.90 Å². The molecule has 0 aliphatic rings. The Morgan fingerprint density at radius 2 is 2.09 bits per heavy atom. The predicted molar refractivity (Wildman–Crippen MR) is 45.0 cm³/mol. The number of carbonyl (C=O) groups is 1. The quantitative estimate of drug-likeness (QED) is 0.496. The van der Waals surface area contributed by atoms with E-state index in [9.17, 15) is 4.79 Å². The zero-order valence-electron chi connectivity index (χ0n) is 7.09. The van der Waals surface area contributed by atoms with Crippen molar-refractivity contribution in [1.29, 1.82) is 0 Å². The number of aliphatic carboxylic acids is 1. The first-order valence-electron chi connectivity index (χ1n) is 3.50. The van der Waals surface area contributed by atoms with Crippen LogP contribution in [0.5, 0.6) is 0 Å². The van der Waals surface area contributed by atoms with Gasteiger partial charge < -0.3 is 5.11 Å². The Hall–Kier alpha value is -1.12. The second-order valence-corrected chi connectivity index (χ2v) is 2.25. The van der Waals surface area contributed by atoms with Gasteiger partial charge in [-0.2, -0.15) is 0 Å². The molecule has 62 valence electrons. The number of hydrogen-bond donors (Lipinski definition) is 1. The molecule has 3 heteroatoms. The first kappa shape index (κ1) is 9.88. The topological polar surface area (TPSA) is 49.7 Å². The van der Waals surface area contributed by atoms with Crippen LogP contribution in [0.15, 0.2) is 16.6 Å². The number of hydrogen-bond acceptors (Lipinski definition) is 2. The molecule has 0 heterocycles. The van der Waals surface area contributed by atoms with E-state index in [-0.39, 0.29) is 0 Å². The van der Waals surface area contributed by atoms with Crippen molar-refractivity contribution in [1.82, 2.24) is 0 Å². The van der Waals surface area contributed by atoms with Gasteiger partial charge in [0.15, 0.2) is 0 Å². The van der Waals surface area contributed by atoms with Crippen molar-refractivity contribution in [2.75, 3.05) is 6.54 Å². The summed E-state index contributed by atoms with van der Waals surface area (Å²) in [7, 11) is 0. The van der Waals surface area contributed by atoms with Gasteiger partial charge in [-0.05, 0) is 26.8 Å². The molecule has 0 aromatic carbocycles. The van der Waals surface area contributed by atoms with Crippen molar-refractivity contribution in [3.63, 3.8) is 0 Å². The minimum Gasteiger partial charge on any atom is -0.478 e. The highest BCUT2D eigenvalue weighted by Crippen LogP contribution is 1.93. The maximum Gasteiger partial charge on any atom is 0.331 e. The minimum absolute atomic E-state index is 0.319. The summed E-state index contributed by atoms with van der Waals surface area (Å²) in [6.07, 6.45) is 1.56. The first-order valence-corrected chi connectivity index (χ1v) is 3.50. The van der Waals surface area contributed by atoms with Gasteiger partial charge in [-0.3, -0.25) is 4.99 Å². The SMILES string of the molecule is CC/N=C(C)\C=C(/C)C(=O)O. The van der Waals surface area contributed by atoms with Crippen LogP contribution < -0.4 is 0 Å². The van der Waals surface area contributed by atoms with E-state index in [0.717, 1.165) is 5.71 Å². The molecule has 0 aliphatic carbocycles. The van der Waals surface area contributed by atoms with Crippen LogP contribution in [0.3, 0.4) is 0 Å². The van der Waals surface area contributed by atoms with E-state index in [1.54, 1.807) is 19.9 Å². The lowest BCUT2D eigenvalue weighted by Gasteiger charge is -1.92. The largest absolute Gasteiger partial charge is 0.478 e. The van der Waals surface area contributed by atoms with Gasteiger partial charge in [0.2, 0.25) is 0 Å². The number of rotatable bonds is 3. The van der Waals surface area contributed by atoms with Gasteiger partial charge in [-0.15, -0.1) is 0 Å². The average Bonchev–Trinajstić information content (AvgIpc) is 1.87. The summed E-state index contributed by atoms with van der Waals surface area (Å²) in [4.78, 5) is 14.3. The predicted octanol–water partition coefficient (Wildman–Crippen LogP) is 1.50. The number of carboxylic acid groups (broad SMARTS) is 1. The Morgan fingerprint density at radius 3 is 2.45 bits per heavy atom. The Labute approximate surface area is 66.5 Å². The molecule has 0 spiro atoms. The Morgan fingerprint density at radius 1 is 1.55 bits per heavy atom. The van der Waals surface area contributed by atoms with E-state index < -0.39 is 5.97 Å². The van der Waals surface area contributed by atoms with Gasteiger partial charge in [0.1, 0.15) is 0 Å². The first-order chi connectivity index (χ1) is 5.07. The third-order valence-electron chi connectivity index (χ3n) is 1.17. The monoisotopic (exact) mass is 155 g/mol. The maximum atomic E-state index is 10.3. The van der Waals surface area contributed by atoms with Crippen LogP contribution in [0.2, 0.25) is 0 Å². The molecule has 3 nitrogen and oxygen atoms in total. The molecule has 0 saturated carbocycles. The molecule has 0 rings (SSSR count). The van der Waals surface area contributed by atoms with Crippen LogP contribution in [0.25, 0.3) is 0 Å². The molecule has 0 aliphatic heterocycles. The van der Waals surface area contributed by atoms with E-state index in [0.29, 0.717) is 12.1 Å². The molecule has 0 unspecified atom stereocenters. The lowest BCUT2D eigenvalue weighted by molar-refractivity contribution is -0.132. The summed E-state index contributed by atoms with van der Waals surface area (Å²) in [5.74, 6) is -0.893. The van der Waals surface area contributed by atoms with Crippen molar-refractivity contribution in [2.24, 2.45) is 4.99 Å². The molecule has 0 aromatic rings. The number of aliphatic imine (C=N–C) groups is 1. The molecule has 0 amide bonds. The molecule has 0 saturated heterocycles. The van der Waals surface area contributed by atoms with E-state index >= 15 is 0 Å². The van der Waals surface area contributed by atoms with Gasteiger partial charge in [0.05, 0.1) is 0 Å². The van der Waals surface area contributed by atoms with Crippen LogP contribution in [0.4, 0.5) is 0 Å². The summed E-state index contributed by atoms with van der Waals surface area (Å²) in [6, 6.07) is 0. The lowest BCUT2D eigenvalue weighted by Crippen LogP contribution is -1.99. The van der Waals surface area contributed by atoms with Crippen molar-refractivity contribution in [3.05, 3.63) is 11.6 Å². The van der Waals surface area contributed by atoms with E-state index in [4.69, 9.17) is 5.11 Å². The van der Waals surface area contributed by atoms with Crippen molar-refractivity contribution in [2.45, 2.75) is 20.8 Å². The maximum absolute atomic E-state index is 10.3. The van der Waals surface area contributed by atoms with Gasteiger partial charge in [0, 0.05) is 17.8 Å². The summed E-state index contributed by atoms with van der Waals surface area (Å²) >= 11 is 0. The Bertz CT molecular complexity index is 204. The van der Waals surface area contributed by atoms with Crippen LogP contribution in [0, 0.1) is 0 Å². The van der Waals surface area contributed by atoms with E-state index in [1.165, 1.54) is 0 Å². The van der Waals surface area contributed by atoms with E-state index in [2.05, 4.69) is 4.99 Å². The zero-order valence-corrected chi connectivity index (χ0v) is 7.09. The molecule has 0 fully saturated rings. The fraction of sp³-hybridized carbons (Fsp3) is 0.500. The molecule has 1 N–H and O–H groups in total. The summed E-state index contributed by atoms with van der Waals surface area (Å²) < 4.78 is 0. The summed E-state index contributed by atoms with van der Waals surface area (Å²) in [5.41, 5.74) is 1.08. The van der Waals surface area contributed by atoms with Gasteiger partial charge in [-0.25, -0.2) is 4.79 Å². The number of nitrogens with zero attached hydrogens (tertiary/aromatic N) is 1. The Kier molecular flexibility index (Phi) is 4.18. The number of carboxylic acids is 1. The van der Waals surface area contributed by atoms with Crippen molar-refractivity contribution in [3.8, 4) is 0 Å². The molecular formula is C8H13NO2.